The van der Waals surface area contributed by atoms with E-state index in [4.69, 9.17) is 9.47 Å². The van der Waals surface area contributed by atoms with Gasteiger partial charge in [-0.3, -0.25) is 0 Å². The average molecular weight is 359 g/mol. The van der Waals surface area contributed by atoms with Crippen LogP contribution in [0.1, 0.15) is 77.6 Å². The van der Waals surface area contributed by atoms with Gasteiger partial charge in [-0.2, -0.15) is 0 Å². The highest BCUT2D eigenvalue weighted by Crippen LogP contribution is 2.69. The minimum Gasteiger partial charge on any atom is -0.359 e. The second-order valence-electron chi connectivity index (χ2n) is 10.5. The lowest BCUT2D eigenvalue weighted by Crippen LogP contribution is -2.54. The normalized spacial score (nSPS) is 52.7. The summed E-state index contributed by atoms with van der Waals surface area (Å²) in [4.78, 5) is 0. The monoisotopic (exact) mass is 358 g/mol. The van der Waals surface area contributed by atoms with Crippen LogP contribution in [0.5, 0.6) is 0 Å². The topological polar surface area (TPSA) is 18.5 Å². The summed E-state index contributed by atoms with van der Waals surface area (Å²) in [6.07, 6.45) is 21.3. The Hall–Kier alpha value is -0.340. The molecule has 26 heavy (non-hydrogen) atoms. The number of hydrogen-bond acceptors (Lipinski definition) is 2. The first-order valence-corrected chi connectivity index (χ1v) is 11.4. The first-order valence-electron chi connectivity index (χ1n) is 11.4. The number of allylic oxidation sites excluding steroid dienone is 2. The van der Waals surface area contributed by atoms with Crippen molar-refractivity contribution < 1.29 is 9.47 Å². The van der Waals surface area contributed by atoms with E-state index in [1.807, 2.05) is 0 Å². The Labute approximate surface area is 160 Å². The fraction of sp³-hybridized carbons (Fsp3) is 0.917. The van der Waals surface area contributed by atoms with Gasteiger partial charge in [0.1, 0.15) is 6.79 Å². The predicted octanol–water partition coefficient (Wildman–Crippen LogP) is 5.96. The van der Waals surface area contributed by atoms with Crippen molar-refractivity contribution in [3.05, 3.63) is 12.2 Å². The molecule has 0 saturated heterocycles. The van der Waals surface area contributed by atoms with Gasteiger partial charge in [0.25, 0.3) is 0 Å². The zero-order valence-electron chi connectivity index (χ0n) is 16.9. The van der Waals surface area contributed by atoms with Gasteiger partial charge in [0.05, 0.1) is 6.10 Å². The second-order valence-corrected chi connectivity index (χ2v) is 10.5. The molecule has 5 aliphatic carbocycles. The van der Waals surface area contributed by atoms with Crippen molar-refractivity contribution in [1.82, 2.24) is 0 Å². The Bertz CT molecular complexity index is 556. The van der Waals surface area contributed by atoms with Gasteiger partial charge in [-0.15, -0.1) is 0 Å². The van der Waals surface area contributed by atoms with Gasteiger partial charge in [0, 0.05) is 7.11 Å². The quantitative estimate of drug-likeness (QED) is 0.457. The van der Waals surface area contributed by atoms with Crippen LogP contribution in [0.3, 0.4) is 0 Å². The van der Waals surface area contributed by atoms with E-state index in [9.17, 15) is 0 Å². The van der Waals surface area contributed by atoms with Crippen LogP contribution >= 0.6 is 0 Å². The molecule has 146 valence electrons. The van der Waals surface area contributed by atoms with Gasteiger partial charge in [-0.1, -0.05) is 19.1 Å². The fourth-order valence-electron chi connectivity index (χ4n) is 8.78. The van der Waals surface area contributed by atoms with Crippen LogP contribution in [-0.4, -0.2) is 20.0 Å². The Balaban J connectivity index is 1.35. The standard InChI is InChI=1S/C24H38O2/c1-23-13-10-19(26-16-25-2)15-18(23)6-8-20-21(23)11-14-24-12-4-3-5-17(24)7-9-22(20)24/h3,5,17-22H,4,6-16H2,1-2H3/t17-,18+,19+,20+,21-,22-,23-,24?/m0/s1. The zero-order chi connectivity index (χ0) is 17.8. The first kappa shape index (κ1) is 17.7. The number of methoxy groups -OCH3 is 1. The van der Waals surface area contributed by atoms with Crippen molar-refractivity contribution in [3.63, 3.8) is 0 Å². The van der Waals surface area contributed by atoms with Gasteiger partial charge in [0.15, 0.2) is 0 Å². The minimum atomic E-state index is 0.443. The lowest BCUT2D eigenvalue weighted by molar-refractivity contribution is -0.154. The Morgan fingerprint density at radius 2 is 1.88 bits per heavy atom. The summed E-state index contributed by atoms with van der Waals surface area (Å²) in [6.45, 7) is 3.14. The van der Waals surface area contributed by atoms with Crippen molar-refractivity contribution in [2.75, 3.05) is 13.9 Å². The molecule has 0 bridgehead atoms. The summed E-state index contributed by atoms with van der Waals surface area (Å²) in [5.74, 6) is 4.86. The highest BCUT2D eigenvalue weighted by Gasteiger charge is 2.61. The second kappa shape index (κ2) is 6.62. The molecule has 5 aliphatic rings. The van der Waals surface area contributed by atoms with E-state index in [1.165, 1.54) is 70.6 Å². The van der Waals surface area contributed by atoms with Crippen LogP contribution in [0, 0.1) is 40.4 Å². The summed E-state index contributed by atoms with van der Waals surface area (Å²) in [6, 6.07) is 0. The van der Waals surface area contributed by atoms with E-state index in [1.54, 1.807) is 7.11 Å². The zero-order valence-corrected chi connectivity index (χ0v) is 16.9. The third kappa shape index (κ3) is 2.50. The Morgan fingerprint density at radius 3 is 2.77 bits per heavy atom. The molecule has 0 aromatic rings. The molecule has 4 fully saturated rings. The summed E-state index contributed by atoms with van der Waals surface area (Å²) in [5.41, 5.74) is 1.29. The van der Waals surface area contributed by atoms with Gasteiger partial charge >= 0.3 is 0 Å². The molecular formula is C24H38O2. The van der Waals surface area contributed by atoms with E-state index in [2.05, 4.69) is 19.1 Å². The van der Waals surface area contributed by atoms with Gasteiger partial charge in [-0.05, 0) is 111 Å². The smallest absolute Gasteiger partial charge is 0.146 e. The van der Waals surface area contributed by atoms with Crippen molar-refractivity contribution in [2.24, 2.45) is 40.4 Å². The fourth-order valence-corrected chi connectivity index (χ4v) is 8.78. The van der Waals surface area contributed by atoms with Crippen LogP contribution in [-0.2, 0) is 9.47 Å². The minimum absolute atomic E-state index is 0.443. The Kier molecular flexibility index (Phi) is 4.52. The van der Waals surface area contributed by atoms with Crippen LogP contribution in [0.25, 0.3) is 0 Å². The van der Waals surface area contributed by atoms with Crippen LogP contribution < -0.4 is 0 Å². The van der Waals surface area contributed by atoms with Crippen LogP contribution in [0.15, 0.2) is 12.2 Å². The number of fused-ring (bicyclic) bond motifs is 4. The van der Waals surface area contributed by atoms with E-state index >= 15 is 0 Å². The molecule has 0 aromatic carbocycles. The predicted molar refractivity (Wildman–Crippen MR) is 105 cm³/mol. The maximum atomic E-state index is 5.97. The molecule has 1 spiro atoms. The van der Waals surface area contributed by atoms with E-state index < -0.39 is 0 Å². The molecule has 0 aliphatic heterocycles. The first-order chi connectivity index (χ1) is 12.7. The highest BCUT2D eigenvalue weighted by atomic mass is 16.7. The lowest BCUT2D eigenvalue weighted by atomic mass is 9.43. The molecule has 2 nitrogen and oxygen atoms in total. The van der Waals surface area contributed by atoms with Crippen LogP contribution in [0.2, 0.25) is 0 Å². The largest absolute Gasteiger partial charge is 0.359 e. The molecule has 5 rings (SSSR count). The van der Waals surface area contributed by atoms with Crippen molar-refractivity contribution in [3.8, 4) is 0 Å². The van der Waals surface area contributed by atoms with E-state index in [-0.39, 0.29) is 0 Å². The summed E-state index contributed by atoms with van der Waals surface area (Å²) in [7, 11) is 1.74. The van der Waals surface area contributed by atoms with Gasteiger partial charge in [-0.25, -0.2) is 0 Å². The van der Waals surface area contributed by atoms with Crippen molar-refractivity contribution >= 4 is 0 Å². The molecule has 2 heteroatoms. The number of rotatable bonds is 3. The van der Waals surface area contributed by atoms with E-state index in [0.29, 0.717) is 23.7 Å². The molecule has 8 atom stereocenters. The van der Waals surface area contributed by atoms with Gasteiger partial charge in [0.2, 0.25) is 0 Å². The third-order valence-corrected chi connectivity index (χ3v) is 9.97. The molecule has 0 aromatic heterocycles. The van der Waals surface area contributed by atoms with E-state index in [0.717, 1.165) is 29.6 Å². The summed E-state index contributed by atoms with van der Waals surface area (Å²) < 4.78 is 11.1. The molecule has 0 radical (unpaired) electrons. The Morgan fingerprint density at radius 1 is 0.962 bits per heavy atom. The van der Waals surface area contributed by atoms with Crippen molar-refractivity contribution in [1.29, 1.82) is 0 Å². The van der Waals surface area contributed by atoms with Crippen LogP contribution in [0.4, 0.5) is 0 Å². The van der Waals surface area contributed by atoms with Gasteiger partial charge < -0.3 is 9.47 Å². The third-order valence-electron chi connectivity index (χ3n) is 9.97. The number of hydrogen-bond donors (Lipinski definition) is 0. The van der Waals surface area contributed by atoms with Crippen molar-refractivity contribution in [2.45, 2.75) is 83.7 Å². The molecule has 0 heterocycles. The molecule has 0 N–H and O–H groups in total. The maximum absolute atomic E-state index is 5.97. The lowest BCUT2D eigenvalue weighted by Gasteiger charge is -2.62. The maximum Gasteiger partial charge on any atom is 0.146 e. The molecule has 0 amide bonds. The number of ether oxygens (including phenoxy) is 2. The molecule has 1 unspecified atom stereocenters. The molecular weight excluding hydrogens is 320 g/mol. The summed E-state index contributed by atoms with van der Waals surface area (Å²) in [5, 5.41) is 0. The SMILES string of the molecule is COCO[C@@H]1CC[C@@]2(C)[C@H](CC[C@H]3[C@@H]4CC[C@@H]5C=CCCC54CC[C@@H]32)C1. The highest BCUT2D eigenvalue weighted by molar-refractivity contribution is 5.16. The average Bonchev–Trinajstić information content (AvgIpc) is 3.06. The summed E-state index contributed by atoms with van der Waals surface area (Å²) >= 11 is 0. The molecule has 4 saturated carbocycles.